The number of rotatable bonds is 5. The summed E-state index contributed by atoms with van der Waals surface area (Å²) in [6.45, 7) is 6.31. The normalized spacial score (nSPS) is 22.1. The molecule has 1 aliphatic heterocycles. The van der Waals surface area contributed by atoms with Gasteiger partial charge in [-0.1, -0.05) is 6.92 Å². The molecule has 116 valence electrons. The number of pyridine rings is 1. The molecule has 1 saturated heterocycles. The summed E-state index contributed by atoms with van der Waals surface area (Å²) < 4.78 is 5.49. The van der Waals surface area contributed by atoms with Crippen LogP contribution in [0.4, 0.5) is 17.3 Å². The monoisotopic (exact) mass is 294 g/mol. The number of ether oxygens (including phenoxy) is 1. The van der Waals surface area contributed by atoms with Crippen molar-refractivity contribution in [3.63, 3.8) is 0 Å². The molecule has 21 heavy (non-hydrogen) atoms. The van der Waals surface area contributed by atoms with Gasteiger partial charge in [-0.25, -0.2) is 4.98 Å². The highest BCUT2D eigenvalue weighted by Crippen LogP contribution is 2.28. The van der Waals surface area contributed by atoms with Crippen LogP contribution >= 0.6 is 0 Å². The molecule has 0 aliphatic carbocycles. The Balaban J connectivity index is 2.27. The molecule has 7 nitrogen and oxygen atoms in total. The Morgan fingerprint density at radius 3 is 2.95 bits per heavy atom. The maximum Gasteiger partial charge on any atom is 0.276 e. The Bertz CT molecular complexity index is 509. The molecule has 1 aromatic rings. The predicted octanol–water partition coefficient (Wildman–Crippen LogP) is 2.28. The molecule has 2 heterocycles. The minimum absolute atomic E-state index is 0.0588. The molecule has 1 N–H and O–H groups in total. The van der Waals surface area contributed by atoms with Gasteiger partial charge in [-0.05, 0) is 19.3 Å². The van der Waals surface area contributed by atoms with Crippen molar-refractivity contribution in [2.45, 2.75) is 26.4 Å². The quantitative estimate of drug-likeness (QED) is 0.663. The summed E-state index contributed by atoms with van der Waals surface area (Å²) in [5.41, 5.74) is 0.0588. The summed E-state index contributed by atoms with van der Waals surface area (Å²) >= 11 is 0. The second-order valence-corrected chi connectivity index (χ2v) is 5.34. The van der Waals surface area contributed by atoms with E-state index in [-0.39, 0.29) is 16.7 Å². The first-order chi connectivity index (χ1) is 10.0. The topological polar surface area (TPSA) is 80.5 Å². The van der Waals surface area contributed by atoms with Gasteiger partial charge >= 0.3 is 0 Å². The fourth-order valence-electron chi connectivity index (χ4n) is 2.59. The van der Waals surface area contributed by atoms with Crippen molar-refractivity contribution >= 4 is 17.3 Å². The highest BCUT2D eigenvalue weighted by molar-refractivity contribution is 5.56. The van der Waals surface area contributed by atoms with Gasteiger partial charge in [0.15, 0.2) is 0 Å². The van der Waals surface area contributed by atoms with Crippen LogP contribution in [0, 0.1) is 16.0 Å². The number of anilines is 2. The average Bonchev–Trinajstić information content (AvgIpc) is 2.47. The maximum absolute atomic E-state index is 11.1. The Hall–Kier alpha value is -1.89. The van der Waals surface area contributed by atoms with Crippen molar-refractivity contribution in [3.05, 3.63) is 22.2 Å². The predicted molar refractivity (Wildman–Crippen MR) is 81.8 cm³/mol. The van der Waals surface area contributed by atoms with E-state index in [9.17, 15) is 10.1 Å². The van der Waals surface area contributed by atoms with Gasteiger partial charge in [0.1, 0.15) is 11.6 Å². The first-order valence-electron chi connectivity index (χ1n) is 7.23. The third-order valence-electron chi connectivity index (χ3n) is 3.88. The number of piperidine rings is 1. The van der Waals surface area contributed by atoms with Gasteiger partial charge in [-0.15, -0.1) is 0 Å². The van der Waals surface area contributed by atoms with Crippen LogP contribution in [0.25, 0.3) is 0 Å². The van der Waals surface area contributed by atoms with E-state index in [0.29, 0.717) is 30.6 Å². The van der Waals surface area contributed by atoms with E-state index in [1.54, 1.807) is 7.11 Å². The zero-order valence-corrected chi connectivity index (χ0v) is 12.7. The van der Waals surface area contributed by atoms with Crippen molar-refractivity contribution < 1.29 is 9.66 Å². The zero-order chi connectivity index (χ0) is 15.4. The van der Waals surface area contributed by atoms with Crippen molar-refractivity contribution in [3.8, 4) is 0 Å². The van der Waals surface area contributed by atoms with E-state index in [0.717, 1.165) is 13.0 Å². The van der Waals surface area contributed by atoms with Gasteiger partial charge in [0, 0.05) is 26.7 Å². The number of aromatic nitrogens is 1. The van der Waals surface area contributed by atoms with Crippen molar-refractivity contribution in [1.82, 2.24) is 4.98 Å². The maximum atomic E-state index is 11.1. The Kier molecular flexibility index (Phi) is 4.95. The molecule has 0 saturated carbocycles. The van der Waals surface area contributed by atoms with Crippen molar-refractivity contribution in [2.24, 2.45) is 5.92 Å². The molecule has 7 heteroatoms. The Morgan fingerprint density at radius 1 is 1.57 bits per heavy atom. The van der Waals surface area contributed by atoms with Gasteiger partial charge in [0.25, 0.3) is 5.69 Å². The molecule has 2 atom stereocenters. The molecule has 0 spiro atoms. The van der Waals surface area contributed by atoms with Gasteiger partial charge in [0.2, 0.25) is 0 Å². The number of nitrogens with one attached hydrogen (secondary N) is 1. The summed E-state index contributed by atoms with van der Waals surface area (Å²) in [5, 5.41) is 14.1. The van der Waals surface area contributed by atoms with Gasteiger partial charge in [0.05, 0.1) is 23.2 Å². The largest absolute Gasteiger partial charge is 0.379 e. The van der Waals surface area contributed by atoms with Crippen LogP contribution in [-0.4, -0.2) is 42.8 Å². The van der Waals surface area contributed by atoms with Gasteiger partial charge < -0.3 is 15.0 Å². The van der Waals surface area contributed by atoms with Gasteiger partial charge in [-0.2, -0.15) is 0 Å². The number of hydrogen-bond donors (Lipinski definition) is 1. The van der Waals surface area contributed by atoms with E-state index in [1.807, 2.05) is 6.92 Å². The highest BCUT2D eigenvalue weighted by atomic mass is 16.6. The lowest BCUT2D eigenvalue weighted by Crippen LogP contribution is -2.44. The SMILES string of the molecule is CCNc1cc([N+](=O)[O-])cc(N2CCC(C)C(OC)C2)n1. The van der Waals surface area contributed by atoms with Crippen molar-refractivity contribution in [1.29, 1.82) is 0 Å². The second-order valence-electron chi connectivity index (χ2n) is 5.34. The Labute approximate surface area is 124 Å². The molecule has 1 aromatic heterocycles. The smallest absolute Gasteiger partial charge is 0.276 e. The molecule has 2 unspecified atom stereocenters. The fourth-order valence-corrected chi connectivity index (χ4v) is 2.59. The van der Waals surface area contributed by atoms with E-state index < -0.39 is 0 Å². The summed E-state index contributed by atoms with van der Waals surface area (Å²) in [4.78, 5) is 17.2. The molecule has 2 rings (SSSR count). The molecule has 1 fully saturated rings. The third kappa shape index (κ3) is 3.60. The minimum atomic E-state index is -0.383. The van der Waals surface area contributed by atoms with Crippen LogP contribution in [0.1, 0.15) is 20.3 Å². The molecule has 0 radical (unpaired) electrons. The van der Waals surface area contributed by atoms with Crippen LogP contribution in [0.15, 0.2) is 12.1 Å². The number of hydrogen-bond acceptors (Lipinski definition) is 6. The average molecular weight is 294 g/mol. The van der Waals surface area contributed by atoms with E-state index in [1.165, 1.54) is 12.1 Å². The van der Waals surface area contributed by atoms with Crippen LogP contribution in [0.2, 0.25) is 0 Å². The lowest BCUT2D eigenvalue weighted by atomic mass is 9.96. The van der Waals surface area contributed by atoms with Crippen molar-refractivity contribution in [2.75, 3.05) is 37.0 Å². The summed E-state index contributed by atoms with van der Waals surface area (Å²) in [7, 11) is 1.70. The lowest BCUT2D eigenvalue weighted by molar-refractivity contribution is -0.384. The van der Waals surface area contributed by atoms with Gasteiger partial charge in [-0.3, -0.25) is 10.1 Å². The molecule has 0 aromatic carbocycles. The second kappa shape index (κ2) is 6.71. The fraction of sp³-hybridized carbons (Fsp3) is 0.643. The minimum Gasteiger partial charge on any atom is -0.379 e. The third-order valence-corrected chi connectivity index (χ3v) is 3.88. The van der Waals surface area contributed by atoms with E-state index in [4.69, 9.17) is 4.74 Å². The van der Waals surface area contributed by atoms with Crippen LogP contribution < -0.4 is 10.2 Å². The summed E-state index contributed by atoms with van der Waals surface area (Å²) in [5.74, 6) is 1.65. The summed E-state index contributed by atoms with van der Waals surface area (Å²) in [6, 6.07) is 3.00. The first-order valence-corrected chi connectivity index (χ1v) is 7.23. The number of nitrogens with zero attached hydrogens (tertiary/aromatic N) is 3. The van der Waals surface area contributed by atoms with Crippen LogP contribution in [0.5, 0.6) is 0 Å². The standard InChI is InChI=1S/C14H22N4O3/c1-4-15-13-7-11(18(19)20)8-14(16-13)17-6-5-10(2)12(9-17)21-3/h7-8,10,12H,4-6,9H2,1-3H3,(H,15,16). The summed E-state index contributed by atoms with van der Waals surface area (Å²) in [6.07, 6.45) is 1.11. The van der Waals surface area contributed by atoms with E-state index in [2.05, 4.69) is 22.1 Å². The first kappa shape index (κ1) is 15.5. The van der Waals surface area contributed by atoms with E-state index >= 15 is 0 Å². The molecule has 1 aliphatic rings. The zero-order valence-electron chi connectivity index (χ0n) is 12.7. The molecule has 0 bridgehead atoms. The lowest BCUT2D eigenvalue weighted by Gasteiger charge is -2.36. The molecular formula is C14H22N4O3. The van der Waals surface area contributed by atoms with Crippen LogP contribution in [0.3, 0.4) is 0 Å². The number of methoxy groups -OCH3 is 1. The van der Waals surface area contributed by atoms with Crippen LogP contribution in [-0.2, 0) is 4.74 Å². The Morgan fingerprint density at radius 2 is 2.33 bits per heavy atom. The molecular weight excluding hydrogens is 272 g/mol. The molecule has 0 amide bonds. The number of nitro groups is 1. The highest BCUT2D eigenvalue weighted by Gasteiger charge is 2.27.